The summed E-state index contributed by atoms with van der Waals surface area (Å²) in [6, 6.07) is 6.82. The quantitative estimate of drug-likeness (QED) is 0.448. The number of amides is 1. The molecule has 2 rings (SSSR count). The average molecular weight is 357 g/mol. The fraction of sp³-hybridized carbons (Fsp3) is 0.286. The second-order valence-electron chi connectivity index (χ2n) is 4.95. The molecule has 1 amide bonds. The van der Waals surface area contributed by atoms with Crippen LogP contribution in [0.4, 0.5) is 24.5 Å². The molecule has 11 heteroatoms. The van der Waals surface area contributed by atoms with E-state index in [2.05, 4.69) is 15.7 Å². The van der Waals surface area contributed by atoms with Gasteiger partial charge in [-0.3, -0.25) is 19.6 Å². The summed E-state index contributed by atoms with van der Waals surface area (Å²) < 4.78 is 38.1. The molecule has 0 saturated carbocycles. The Kier molecular flexibility index (Phi) is 5.57. The highest BCUT2D eigenvalue weighted by Gasteiger charge is 2.33. The lowest BCUT2D eigenvalue weighted by Gasteiger charge is -2.08. The van der Waals surface area contributed by atoms with E-state index in [9.17, 15) is 28.1 Å². The average Bonchev–Trinajstić information content (AvgIpc) is 3.00. The number of nitro groups is 1. The summed E-state index contributed by atoms with van der Waals surface area (Å²) >= 11 is 0. The smallest absolute Gasteiger partial charge is 0.378 e. The van der Waals surface area contributed by atoms with Crippen molar-refractivity contribution in [2.24, 2.45) is 0 Å². The zero-order valence-electron chi connectivity index (χ0n) is 12.8. The van der Waals surface area contributed by atoms with Crippen molar-refractivity contribution in [3.05, 3.63) is 52.3 Å². The molecule has 1 aromatic heterocycles. The Morgan fingerprint density at radius 1 is 1.24 bits per heavy atom. The number of aromatic nitrogens is 2. The number of nitrogens with one attached hydrogen (secondary N) is 2. The molecule has 2 N–H and O–H groups in total. The molecule has 2 aromatic rings. The normalized spacial score (nSPS) is 11.2. The zero-order chi connectivity index (χ0) is 18.4. The first-order valence-electron chi connectivity index (χ1n) is 7.12. The fourth-order valence-corrected chi connectivity index (χ4v) is 1.99. The van der Waals surface area contributed by atoms with Crippen LogP contribution in [0.3, 0.4) is 0 Å². The summed E-state index contributed by atoms with van der Waals surface area (Å²) in [5.41, 5.74) is -0.855. The maximum atomic E-state index is 12.4. The number of para-hydroxylation sites is 2. The van der Waals surface area contributed by atoms with Crippen LogP contribution >= 0.6 is 0 Å². The summed E-state index contributed by atoms with van der Waals surface area (Å²) in [5.74, 6) is -0.527. The van der Waals surface area contributed by atoms with Gasteiger partial charge >= 0.3 is 6.18 Å². The number of carbonyl (C=O) groups excluding carboxylic acids is 1. The lowest BCUT2D eigenvalue weighted by molar-refractivity contribution is -0.384. The van der Waals surface area contributed by atoms with E-state index in [1.54, 1.807) is 6.07 Å². The highest BCUT2D eigenvalue weighted by molar-refractivity contribution is 5.75. The van der Waals surface area contributed by atoms with Gasteiger partial charge in [-0.25, -0.2) is 0 Å². The molecule has 1 heterocycles. The van der Waals surface area contributed by atoms with E-state index in [4.69, 9.17) is 0 Å². The van der Waals surface area contributed by atoms with Gasteiger partial charge in [0, 0.05) is 25.4 Å². The van der Waals surface area contributed by atoms with Gasteiger partial charge in [0.15, 0.2) is 5.69 Å². The predicted octanol–water partition coefficient (Wildman–Crippen LogP) is 2.04. The van der Waals surface area contributed by atoms with Crippen molar-refractivity contribution in [1.82, 2.24) is 15.1 Å². The van der Waals surface area contributed by atoms with Gasteiger partial charge in [-0.15, -0.1) is 0 Å². The predicted molar refractivity (Wildman–Crippen MR) is 81.8 cm³/mol. The van der Waals surface area contributed by atoms with Crippen LogP contribution in [0, 0.1) is 10.1 Å². The summed E-state index contributed by atoms with van der Waals surface area (Å²) in [6.07, 6.45) is -3.50. The number of anilines is 1. The summed E-state index contributed by atoms with van der Waals surface area (Å²) in [4.78, 5) is 22.0. The number of nitrogens with zero attached hydrogens (tertiary/aromatic N) is 3. The Morgan fingerprint density at radius 3 is 2.60 bits per heavy atom. The van der Waals surface area contributed by atoms with Crippen molar-refractivity contribution in [2.45, 2.75) is 12.7 Å². The van der Waals surface area contributed by atoms with Gasteiger partial charge in [0.1, 0.15) is 12.2 Å². The van der Waals surface area contributed by atoms with Gasteiger partial charge in [0.2, 0.25) is 5.91 Å². The molecule has 25 heavy (non-hydrogen) atoms. The van der Waals surface area contributed by atoms with Gasteiger partial charge in [0.05, 0.1) is 4.92 Å². The summed E-state index contributed by atoms with van der Waals surface area (Å²) in [6.45, 7) is -0.0106. The molecule has 0 bridgehead atoms. The van der Waals surface area contributed by atoms with Gasteiger partial charge < -0.3 is 10.6 Å². The third kappa shape index (κ3) is 5.19. The van der Waals surface area contributed by atoms with Crippen LogP contribution in [0.15, 0.2) is 36.5 Å². The van der Waals surface area contributed by atoms with Crippen molar-refractivity contribution < 1.29 is 22.9 Å². The molecule has 0 fully saturated rings. The molecular formula is C14H14F3N5O3. The highest BCUT2D eigenvalue weighted by Crippen LogP contribution is 2.27. The maximum Gasteiger partial charge on any atom is 0.435 e. The molecule has 0 unspecified atom stereocenters. The van der Waals surface area contributed by atoms with Crippen LogP contribution < -0.4 is 10.6 Å². The number of carbonyl (C=O) groups is 1. The van der Waals surface area contributed by atoms with E-state index < -0.39 is 22.7 Å². The SMILES string of the molecule is O=C(Cn1ccc(C(F)(F)F)n1)NCCNc1ccccc1[N+](=O)[O-]. The summed E-state index contributed by atoms with van der Waals surface area (Å²) in [7, 11) is 0. The number of halogens is 3. The van der Waals surface area contributed by atoms with Crippen molar-refractivity contribution in [3.8, 4) is 0 Å². The molecule has 0 aliphatic carbocycles. The van der Waals surface area contributed by atoms with Crippen LogP contribution in [0.2, 0.25) is 0 Å². The molecule has 8 nitrogen and oxygen atoms in total. The van der Waals surface area contributed by atoms with E-state index >= 15 is 0 Å². The second kappa shape index (κ2) is 7.64. The van der Waals surface area contributed by atoms with Crippen molar-refractivity contribution in [2.75, 3.05) is 18.4 Å². The van der Waals surface area contributed by atoms with Crippen LogP contribution in [-0.2, 0) is 17.5 Å². The molecule has 0 radical (unpaired) electrons. The lowest BCUT2D eigenvalue weighted by Crippen LogP contribution is -2.32. The molecule has 0 spiro atoms. The molecule has 0 saturated heterocycles. The Bertz CT molecular complexity index is 760. The Balaban J connectivity index is 1.78. The third-order valence-corrected chi connectivity index (χ3v) is 3.10. The molecule has 0 atom stereocenters. The van der Waals surface area contributed by atoms with Crippen LogP contribution in [0.25, 0.3) is 0 Å². The highest BCUT2D eigenvalue weighted by atomic mass is 19.4. The number of hydrogen-bond donors (Lipinski definition) is 2. The Labute approximate surface area is 139 Å². The Morgan fingerprint density at radius 2 is 1.96 bits per heavy atom. The summed E-state index contributed by atoms with van der Waals surface area (Å²) in [5, 5.41) is 19.4. The van der Waals surface area contributed by atoms with E-state index in [0.29, 0.717) is 5.69 Å². The number of rotatable bonds is 7. The molecule has 0 aliphatic heterocycles. The molecule has 1 aromatic carbocycles. The Hall–Kier alpha value is -3.11. The van der Waals surface area contributed by atoms with Gasteiger partial charge in [0.25, 0.3) is 5.69 Å². The third-order valence-electron chi connectivity index (χ3n) is 3.10. The molecular weight excluding hydrogens is 343 g/mol. The van der Waals surface area contributed by atoms with Gasteiger partial charge in [-0.1, -0.05) is 12.1 Å². The van der Waals surface area contributed by atoms with Crippen LogP contribution in [0.5, 0.6) is 0 Å². The van der Waals surface area contributed by atoms with E-state index in [1.165, 1.54) is 18.2 Å². The van der Waals surface area contributed by atoms with E-state index in [0.717, 1.165) is 16.9 Å². The van der Waals surface area contributed by atoms with Gasteiger partial charge in [-0.05, 0) is 12.1 Å². The standard InChI is InChI=1S/C14H14F3N5O3/c15-14(16,17)12-5-8-21(20-12)9-13(23)19-7-6-18-10-3-1-2-4-11(10)22(24)25/h1-5,8,18H,6-7,9H2,(H,19,23). The first kappa shape index (κ1) is 18.2. The topological polar surface area (TPSA) is 102 Å². The fourth-order valence-electron chi connectivity index (χ4n) is 1.99. The van der Waals surface area contributed by atoms with Crippen molar-refractivity contribution in [3.63, 3.8) is 0 Å². The van der Waals surface area contributed by atoms with E-state index in [-0.39, 0.29) is 25.3 Å². The first-order chi connectivity index (χ1) is 11.8. The van der Waals surface area contributed by atoms with Crippen molar-refractivity contribution in [1.29, 1.82) is 0 Å². The minimum Gasteiger partial charge on any atom is -0.378 e. The van der Waals surface area contributed by atoms with E-state index in [1.807, 2.05) is 0 Å². The molecule has 134 valence electrons. The molecule has 0 aliphatic rings. The minimum absolute atomic E-state index is 0.0925. The number of alkyl halides is 3. The number of nitro benzene ring substituents is 1. The van der Waals surface area contributed by atoms with Gasteiger partial charge in [-0.2, -0.15) is 18.3 Å². The largest absolute Gasteiger partial charge is 0.435 e. The maximum absolute atomic E-state index is 12.4. The number of hydrogen-bond acceptors (Lipinski definition) is 5. The monoisotopic (exact) mass is 357 g/mol. The minimum atomic E-state index is -4.56. The van der Waals surface area contributed by atoms with Crippen LogP contribution in [0.1, 0.15) is 5.69 Å². The van der Waals surface area contributed by atoms with Crippen LogP contribution in [-0.4, -0.2) is 33.7 Å². The lowest BCUT2D eigenvalue weighted by atomic mass is 10.2. The zero-order valence-corrected chi connectivity index (χ0v) is 12.8. The first-order valence-corrected chi connectivity index (χ1v) is 7.12. The second-order valence-corrected chi connectivity index (χ2v) is 4.95. The number of benzene rings is 1. The van der Waals surface area contributed by atoms with Crippen molar-refractivity contribution >= 4 is 17.3 Å².